The molecule has 0 aliphatic carbocycles. The van der Waals surface area contributed by atoms with E-state index in [1.54, 1.807) is 0 Å². The SMILES string of the molecule is O=C(O)C1CCCN(S(=O)(=O)Cc2ccon2)C1. The highest BCUT2D eigenvalue weighted by molar-refractivity contribution is 7.88. The third-order valence-electron chi connectivity index (χ3n) is 2.95. The van der Waals surface area contributed by atoms with Gasteiger partial charge in [-0.25, -0.2) is 12.7 Å². The highest BCUT2D eigenvalue weighted by atomic mass is 32.2. The number of nitrogens with zero attached hydrogens (tertiary/aromatic N) is 2. The van der Waals surface area contributed by atoms with Gasteiger partial charge >= 0.3 is 5.97 Å². The molecule has 1 aliphatic heterocycles. The van der Waals surface area contributed by atoms with Crippen LogP contribution in [0.5, 0.6) is 0 Å². The van der Waals surface area contributed by atoms with E-state index < -0.39 is 21.9 Å². The Kier molecular flexibility index (Phi) is 3.67. The Hall–Kier alpha value is -1.41. The van der Waals surface area contributed by atoms with Crippen LogP contribution in [0.25, 0.3) is 0 Å². The number of rotatable bonds is 4. The lowest BCUT2D eigenvalue weighted by Gasteiger charge is -2.29. The molecule has 0 radical (unpaired) electrons. The second-order valence-electron chi connectivity index (χ2n) is 4.28. The number of hydrogen-bond acceptors (Lipinski definition) is 5. The minimum Gasteiger partial charge on any atom is -0.481 e. The number of carboxylic acids is 1. The van der Waals surface area contributed by atoms with Crippen molar-refractivity contribution in [3.8, 4) is 0 Å². The zero-order chi connectivity index (χ0) is 13.2. The first kappa shape index (κ1) is 13.0. The summed E-state index contributed by atoms with van der Waals surface area (Å²) in [5.41, 5.74) is 0.326. The van der Waals surface area contributed by atoms with Crippen LogP contribution in [0.1, 0.15) is 18.5 Å². The average molecular weight is 274 g/mol. The molecule has 8 heteroatoms. The van der Waals surface area contributed by atoms with Crippen molar-refractivity contribution in [2.75, 3.05) is 13.1 Å². The summed E-state index contributed by atoms with van der Waals surface area (Å²) in [6.07, 6.45) is 2.39. The minimum atomic E-state index is -3.53. The van der Waals surface area contributed by atoms with Crippen LogP contribution in [0.3, 0.4) is 0 Å². The fourth-order valence-corrected chi connectivity index (χ4v) is 3.51. The molecular formula is C10H14N2O5S. The van der Waals surface area contributed by atoms with Crippen molar-refractivity contribution in [1.29, 1.82) is 0 Å². The van der Waals surface area contributed by atoms with Gasteiger partial charge in [0.1, 0.15) is 12.0 Å². The molecule has 100 valence electrons. The standard InChI is InChI=1S/C10H14N2O5S/c13-10(14)8-2-1-4-12(6-8)18(15,16)7-9-3-5-17-11-9/h3,5,8H,1-2,4,6-7H2,(H,13,14). The smallest absolute Gasteiger partial charge is 0.307 e. The van der Waals surface area contributed by atoms with Gasteiger partial charge in [-0.15, -0.1) is 0 Å². The summed E-state index contributed by atoms with van der Waals surface area (Å²) in [6, 6.07) is 1.48. The van der Waals surface area contributed by atoms with Gasteiger partial charge in [0, 0.05) is 19.2 Å². The molecule has 0 aromatic carbocycles. The molecule has 1 aromatic heterocycles. The van der Waals surface area contributed by atoms with Crippen molar-refractivity contribution in [3.05, 3.63) is 18.0 Å². The molecule has 7 nitrogen and oxygen atoms in total. The van der Waals surface area contributed by atoms with Crippen molar-refractivity contribution in [2.24, 2.45) is 5.92 Å². The van der Waals surface area contributed by atoms with Crippen LogP contribution in [0.15, 0.2) is 16.9 Å². The van der Waals surface area contributed by atoms with Gasteiger partial charge in [-0.2, -0.15) is 0 Å². The largest absolute Gasteiger partial charge is 0.481 e. The zero-order valence-electron chi connectivity index (χ0n) is 9.65. The topological polar surface area (TPSA) is 101 Å². The molecule has 0 spiro atoms. The lowest BCUT2D eigenvalue weighted by molar-refractivity contribution is -0.142. The van der Waals surface area contributed by atoms with E-state index in [9.17, 15) is 13.2 Å². The molecule has 0 bridgehead atoms. The van der Waals surface area contributed by atoms with E-state index >= 15 is 0 Å². The van der Waals surface area contributed by atoms with Crippen molar-refractivity contribution >= 4 is 16.0 Å². The number of aromatic nitrogens is 1. The quantitative estimate of drug-likeness (QED) is 0.847. The first-order chi connectivity index (χ1) is 8.49. The highest BCUT2D eigenvalue weighted by Crippen LogP contribution is 2.21. The molecule has 1 aromatic rings. The van der Waals surface area contributed by atoms with E-state index in [-0.39, 0.29) is 12.3 Å². The number of carboxylic acid groups (broad SMARTS) is 1. The Balaban J connectivity index is 2.07. The molecular weight excluding hydrogens is 260 g/mol. The van der Waals surface area contributed by atoms with Gasteiger partial charge in [-0.05, 0) is 12.8 Å². The molecule has 1 aliphatic rings. The van der Waals surface area contributed by atoms with Crippen LogP contribution in [-0.2, 0) is 20.6 Å². The Morgan fingerprint density at radius 3 is 3.00 bits per heavy atom. The van der Waals surface area contributed by atoms with Gasteiger partial charge < -0.3 is 9.63 Å². The van der Waals surface area contributed by atoms with Crippen molar-refractivity contribution < 1.29 is 22.8 Å². The Morgan fingerprint density at radius 2 is 2.39 bits per heavy atom. The van der Waals surface area contributed by atoms with E-state index in [2.05, 4.69) is 9.68 Å². The maximum absolute atomic E-state index is 12.1. The van der Waals surface area contributed by atoms with Gasteiger partial charge in [0.05, 0.1) is 11.6 Å². The summed E-state index contributed by atoms with van der Waals surface area (Å²) in [5, 5.41) is 12.5. The van der Waals surface area contributed by atoms with Gasteiger partial charge in [-0.3, -0.25) is 4.79 Å². The lowest BCUT2D eigenvalue weighted by Crippen LogP contribution is -2.42. The molecule has 1 unspecified atom stereocenters. The first-order valence-electron chi connectivity index (χ1n) is 5.59. The van der Waals surface area contributed by atoms with Gasteiger partial charge in [0.2, 0.25) is 10.0 Å². The molecule has 2 heterocycles. The van der Waals surface area contributed by atoms with Crippen LogP contribution < -0.4 is 0 Å². The zero-order valence-corrected chi connectivity index (χ0v) is 10.5. The van der Waals surface area contributed by atoms with E-state index in [4.69, 9.17) is 5.11 Å². The maximum Gasteiger partial charge on any atom is 0.307 e. The second kappa shape index (κ2) is 5.07. The monoisotopic (exact) mass is 274 g/mol. The van der Waals surface area contributed by atoms with Crippen LogP contribution >= 0.6 is 0 Å². The van der Waals surface area contributed by atoms with Gasteiger partial charge in [-0.1, -0.05) is 5.16 Å². The predicted molar refractivity (Wildman–Crippen MR) is 61.1 cm³/mol. The fourth-order valence-electron chi connectivity index (χ4n) is 1.99. The number of aliphatic carboxylic acids is 1. The number of hydrogen-bond donors (Lipinski definition) is 1. The van der Waals surface area contributed by atoms with Crippen LogP contribution in [0, 0.1) is 5.92 Å². The van der Waals surface area contributed by atoms with E-state index in [0.29, 0.717) is 25.1 Å². The summed E-state index contributed by atoms with van der Waals surface area (Å²) >= 11 is 0. The van der Waals surface area contributed by atoms with E-state index in [1.807, 2.05) is 0 Å². The fraction of sp³-hybridized carbons (Fsp3) is 0.600. The maximum atomic E-state index is 12.1. The summed E-state index contributed by atoms with van der Waals surface area (Å²) in [5.74, 6) is -1.82. The lowest BCUT2D eigenvalue weighted by atomic mass is 10.0. The second-order valence-corrected chi connectivity index (χ2v) is 6.25. The predicted octanol–water partition coefficient (Wildman–Crippen LogP) is 0.301. The van der Waals surface area contributed by atoms with E-state index in [0.717, 1.165) is 0 Å². The minimum absolute atomic E-state index is 0.0372. The van der Waals surface area contributed by atoms with Crippen molar-refractivity contribution in [3.63, 3.8) is 0 Å². The summed E-state index contributed by atoms with van der Waals surface area (Å²) in [7, 11) is -3.53. The highest BCUT2D eigenvalue weighted by Gasteiger charge is 2.32. The Morgan fingerprint density at radius 1 is 1.61 bits per heavy atom. The molecule has 1 fully saturated rings. The van der Waals surface area contributed by atoms with E-state index in [1.165, 1.54) is 16.6 Å². The number of sulfonamides is 1. The molecule has 0 saturated carbocycles. The summed E-state index contributed by atoms with van der Waals surface area (Å²) in [6.45, 7) is 0.402. The molecule has 18 heavy (non-hydrogen) atoms. The van der Waals surface area contributed by atoms with Crippen LogP contribution in [0.4, 0.5) is 0 Å². The number of piperidine rings is 1. The molecule has 1 saturated heterocycles. The Labute approximate surface area is 104 Å². The third kappa shape index (κ3) is 2.88. The van der Waals surface area contributed by atoms with Gasteiger partial charge in [0.15, 0.2) is 0 Å². The van der Waals surface area contributed by atoms with Crippen molar-refractivity contribution in [1.82, 2.24) is 9.46 Å². The van der Waals surface area contributed by atoms with Crippen LogP contribution in [-0.4, -0.2) is 42.0 Å². The third-order valence-corrected chi connectivity index (χ3v) is 4.73. The van der Waals surface area contributed by atoms with Crippen molar-refractivity contribution in [2.45, 2.75) is 18.6 Å². The molecule has 2 rings (SSSR count). The molecule has 0 amide bonds. The average Bonchev–Trinajstić information content (AvgIpc) is 2.81. The van der Waals surface area contributed by atoms with Crippen LogP contribution in [0.2, 0.25) is 0 Å². The Bertz CT molecular complexity index is 510. The summed E-state index contributed by atoms with van der Waals surface area (Å²) < 4.78 is 30.0. The number of carbonyl (C=O) groups is 1. The molecule has 1 N–H and O–H groups in total. The van der Waals surface area contributed by atoms with Gasteiger partial charge in [0.25, 0.3) is 0 Å². The molecule has 1 atom stereocenters. The normalized spacial score (nSPS) is 21.9. The summed E-state index contributed by atoms with van der Waals surface area (Å²) in [4.78, 5) is 10.9. The first-order valence-corrected chi connectivity index (χ1v) is 7.20.